The van der Waals surface area contributed by atoms with Gasteiger partial charge in [0.05, 0.1) is 14.2 Å². The molecule has 1 N–H and O–H groups in total. The first kappa shape index (κ1) is 24.8. The van der Waals surface area contributed by atoms with Crippen LogP contribution in [0, 0.1) is 5.92 Å². The Kier molecular flexibility index (Phi) is 9.40. The molecule has 7 heteroatoms. The van der Waals surface area contributed by atoms with Crippen LogP contribution in [0.2, 0.25) is 0 Å². The van der Waals surface area contributed by atoms with Gasteiger partial charge in [-0.05, 0) is 68.2 Å². The number of rotatable bonds is 9. The zero-order valence-corrected chi connectivity index (χ0v) is 19.8. The first-order valence-corrected chi connectivity index (χ1v) is 10.8. The van der Waals surface area contributed by atoms with Gasteiger partial charge in [0.25, 0.3) is 0 Å². The van der Waals surface area contributed by atoms with Gasteiger partial charge in [0.2, 0.25) is 5.91 Å². The van der Waals surface area contributed by atoms with Crippen LogP contribution in [0.15, 0.2) is 35.9 Å². The van der Waals surface area contributed by atoms with Gasteiger partial charge in [-0.15, -0.1) is 0 Å². The fourth-order valence-corrected chi connectivity index (χ4v) is 3.87. The van der Waals surface area contributed by atoms with E-state index in [1.807, 2.05) is 33.2 Å². The molecule has 0 heterocycles. The molecule has 1 aliphatic rings. The van der Waals surface area contributed by atoms with Crippen molar-refractivity contribution in [1.29, 1.82) is 0 Å². The van der Waals surface area contributed by atoms with E-state index in [1.54, 1.807) is 37.3 Å². The third-order valence-electron chi connectivity index (χ3n) is 5.49. The summed E-state index contributed by atoms with van der Waals surface area (Å²) in [5.74, 6) is 1.27. The van der Waals surface area contributed by atoms with Crippen LogP contribution in [0.1, 0.15) is 31.7 Å². The van der Waals surface area contributed by atoms with Crippen molar-refractivity contribution in [2.45, 2.75) is 26.2 Å². The number of ketones is 1. The maximum Gasteiger partial charge on any atom is 0.222 e. The van der Waals surface area contributed by atoms with Crippen molar-refractivity contribution in [3.05, 3.63) is 41.5 Å². The summed E-state index contributed by atoms with van der Waals surface area (Å²) >= 11 is 5.71. The van der Waals surface area contributed by atoms with Crippen LogP contribution >= 0.6 is 12.2 Å². The fourth-order valence-electron chi connectivity index (χ4n) is 3.61. The van der Waals surface area contributed by atoms with E-state index in [4.69, 9.17) is 21.7 Å². The number of methoxy groups -OCH3 is 2. The summed E-state index contributed by atoms with van der Waals surface area (Å²) in [6.45, 7) is 3.27. The van der Waals surface area contributed by atoms with Gasteiger partial charge in [-0.1, -0.05) is 12.2 Å². The van der Waals surface area contributed by atoms with Crippen LogP contribution in [0.25, 0.3) is 5.57 Å². The highest BCUT2D eigenvalue weighted by Crippen LogP contribution is 2.36. The third-order valence-corrected chi connectivity index (χ3v) is 6.14. The number of thiocarbonyl (C=S) groups is 1. The van der Waals surface area contributed by atoms with Crippen LogP contribution in [0.5, 0.6) is 11.5 Å². The molecule has 1 atom stereocenters. The second-order valence-corrected chi connectivity index (χ2v) is 8.13. The van der Waals surface area contributed by atoms with Gasteiger partial charge in [0.15, 0.2) is 5.78 Å². The van der Waals surface area contributed by atoms with Crippen molar-refractivity contribution in [1.82, 2.24) is 10.2 Å². The first-order valence-electron chi connectivity index (χ1n) is 10.4. The summed E-state index contributed by atoms with van der Waals surface area (Å²) in [5, 5.41) is 3.05. The number of ether oxygens (including phenoxy) is 2. The second kappa shape index (κ2) is 11.8. The summed E-state index contributed by atoms with van der Waals surface area (Å²) < 4.78 is 10.8. The van der Waals surface area contributed by atoms with Crippen LogP contribution < -0.4 is 14.8 Å². The number of likely N-dealkylation sites (N-methyl/N-ethyl adjacent to an activating group) is 2. The van der Waals surface area contributed by atoms with E-state index in [0.29, 0.717) is 37.3 Å². The van der Waals surface area contributed by atoms with Crippen molar-refractivity contribution >= 4 is 34.3 Å². The van der Waals surface area contributed by atoms with E-state index >= 15 is 0 Å². The molecular weight excluding hydrogens is 412 g/mol. The minimum atomic E-state index is -0.103. The molecule has 0 aromatic heterocycles. The topological polar surface area (TPSA) is 67.9 Å². The molecule has 1 aromatic carbocycles. The Labute approximate surface area is 190 Å². The Balaban J connectivity index is 2.29. The summed E-state index contributed by atoms with van der Waals surface area (Å²) in [7, 11) is 6.87. The predicted octanol–water partition coefficient (Wildman–Crippen LogP) is 3.45. The lowest BCUT2D eigenvalue weighted by Gasteiger charge is -2.24. The molecule has 0 fully saturated rings. The Morgan fingerprint density at radius 1 is 1.26 bits per heavy atom. The van der Waals surface area contributed by atoms with Crippen LogP contribution in [0.4, 0.5) is 0 Å². The molecule has 31 heavy (non-hydrogen) atoms. The average Bonchev–Trinajstić information content (AvgIpc) is 2.77. The Bertz CT molecular complexity index is 892. The maximum absolute atomic E-state index is 12.5. The Hall–Kier alpha value is -2.51. The molecular formula is C24H32N2O4S. The quantitative estimate of drug-likeness (QED) is 0.589. The van der Waals surface area contributed by atoms with E-state index in [0.717, 1.165) is 28.1 Å². The number of carbonyl (C=O) groups is 2. The van der Waals surface area contributed by atoms with Gasteiger partial charge in [-0.3, -0.25) is 9.59 Å². The number of carbonyl (C=O) groups excluding carboxylic acids is 2. The SMILES string of the molecule is CNCCN(C)C(=O)CCC1CC(c2ccc(OC)cc2OC)=CC(=O)C=C(C)C1=S. The van der Waals surface area contributed by atoms with Crippen LogP contribution in [0.3, 0.4) is 0 Å². The number of hydrogen-bond acceptors (Lipinski definition) is 6. The van der Waals surface area contributed by atoms with Crippen molar-refractivity contribution in [2.24, 2.45) is 5.92 Å². The normalized spacial score (nSPS) is 16.7. The average molecular weight is 445 g/mol. The summed E-state index contributed by atoms with van der Waals surface area (Å²) in [4.78, 5) is 27.5. The zero-order chi connectivity index (χ0) is 23.0. The number of allylic oxidation sites excluding steroid dienone is 4. The fraction of sp³-hybridized carbons (Fsp3) is 0.458. The summed E-state index contributed by atoms with van der Waals surface area (Å²) in [5.41, 5.74) is 2.46. The van der Waals surface area contributed by atoms with E-state index in [2.05, 4.69) is 5.32 Å². The van der Waals surface area contributed by atoms with E-state index in [9.17, 15) is 9.59 Å². The number of hydrogen-bond donors (Lipinski definition) is 1. The molecule has 0 aliphatic heterocycles. The Morgan fingerprint density at radius 3 is 2.65 bits per heavy atom. The van der Waals surface area contributed by atoms with Gasteiger partial charge in [0, 0.05) is 43.1 Å². The highest BCUT2D eigenvalue weighted by Gasteiger charge is 2.24. The molecule has 0 bridgehead atoms. The molecule has 0 saturated carbocycles. The highest BCUT2D eigenvalue weighted by atomic mass is 32.1. The van der Waals surface area contributed by atoms with Crippen LogP contribution in [-0.2, 0) is 9.59 Å². The monoisotopic (exact) mass is 444 g/mol. The molecule has 0 radical (unpaired) electrons. The van der Waals surface area contributed by atoms with Gasteiger partial charge in [-0.25, -0.2) is 0 Å². The molecule has 1 unspecified atom stereocenters. The molecule has 1 aliphatic carbocycles. The molecule has 168 valence electrons. The van der Waals surface area contributed by atoms with Gasteiger partial charge >= 0.3 is 0 Å². The van der Waals surface area contributed by atoms with Crippen molar-refractivity contribution in [3.63, 3.8) is 0 Å². The maximum atomic E-state index is 12.5. The van der Waals surface area contributed by atoms with Crippen molar-refractivity contribution in [2.75, 3.05) is 41.4 Å². The predicted molar refractivity (Wildman–Crippen MR) is 128 cm³/mol. The lowest BCUT2D eigenvalue weighted by atomic mass is 9.83. The highest BCUT2D eigenvalue weighted by molar-refractivity contribution is 7.80. The summed E-state index contributed by atoms with van der Waals surface area (Å²) in [6.07, 6.45) is 4.80. The minimum Gasteiger partial charge on any atom is -0.497 e. The van der Waals surface area contributed by atoms with E-state index in [1.165, 1.54) is 0 Å². The molecule has 0 saturated heterocycles. The van der Waals surface area contributed by atoms with E-state index in [-0.39, 0.29) is 17.6 Å². The molecule has 6 nitrogen and oxygen atoms in total. The first-order chi connectivity index (χ1) is 14.8. The number of nitrogens with zero attached hydrogens (tertiary/aromatic N) is 1. The van der Waals surface area contributed by atoms with Crippen molar-refractivity contribution in [3.8, 4) is 11.5 Å². The van der Waals surface area contributed by atoms with Crippen LogP contribution in [-0.4, -0.2) is 62.9 Å². The van der Waals surface area contributed by atoms with Gasteiger partial charge in [0.1, 0.15) is 11.5 Å². The second-order valence-electron chi connectivity index (χ2n) is 7.69. The lowest BCUT2D eigenvalue weighted by Crippen LogP contribution is -2.33. The van der Waals surface area contributed by atoms with Gasteiger partial charge < -0.3 is 19.7 Å². The summed E-state index contributed by atoms with van der Waals surface area (Å²) in [6, 6.07) is 5.54. The van der Waals surface area contributed by atoms with Crippen molar-refractivity contribution < 1.29 is 19.1 Å². The molecule has 0 spiro atoms. The smallest absolute Gasteiger partial charge is 0.222 e. The van der Waals surface area contributed by atoms with Gasteiger partial charge in [-0.2, -0.15) is 0 Å². The molecule has 2 rings (SSSR count). The Morgan fingerprint density at radius 2 is 2.00 bits per heavy atom. The zero-order valence-electron chi connectivity index (χ0n) is 19.0. The minimum absolute atomic E-state index is 0.0287. The molecule has 1 amide bonds. The number of nitrogens with one attached hydrogen (secondary N) is 1. The standard InChI is InChI=1S/C24H32N2O4S/c1-16-12-19(27)14-18(21-8-7-20(29-4)15-22(21)30-5)13-17(24(16)31)6-9-23(28)26(3)11-10-25-2/h7-8,12,14-15,17,25H,6,9-11,13H2,1-5H3. The number of amides is 1. The lowest BCUT2D eigenvalue weighted by molar-refractivity contribution is -0.130. The largest absolute Gasteiger partial charge is 0.497 e. The number of benzene rings is 1. The molecule has 1 aromatic rings. The third kappa shape index (κ3) is 6.74. The van der Waals surface area contributed by atoms with E-state index < -0.39 is 0 Å².